The van der Waals surface area contributed by atoms with Crippen molar-refractivity contribution < 1.29 is 8.42 Å². The van der Waals surface area contributed by atoms with E-state index in [4.69, 9.17) is 5.26 Å². The quantitative estimate of drug-likeness (QED) is 0.932. The number of hydrogen-bond donors (Lipinski definition) is 1. The van der Waals surface area contributed by atoms with Crippen LogP contribution in [0.5, 0.6) is 0 Å². The van der Waals surface area contributed by atoms with Gasteiger partial charge in [-0.05, 0) is 46.3 Å². The summed E-state index contributed by atoms with van der Waals surface area (Å²) in [6, 6.07) is 9.39. The lowest BCUT2D eigenvalue weighted by Gasteiger charge is -2.08. The Kier molecular flexibility index (Phi) is 3.83. The highest BCUT2D eigenvalue weighted by Gasteiger charge is 2.15. The van der Waals surface area contributed by atoms with Gasteiger partial charge in [0.25, 0.3) is 10.0 Å². The van der Waals surface area contributed by atoms with Crippen molar-refractivity contribution in [2.45, 2.75) is 4.90 Å². The molecule has 1 N–H and O–H groups in total. The van der Waals surface area contributed by atoms with Gasteiger partial charge in [0.2, 0.25) is 0 Å². The lowest BCUT2D eigenvalue weighted by atomic mass is 10.2. The van der Waals surface area contributed by atoms with Crippen LogP contribution in [0.3, 0.4) is 0 Å². The summed E-state index contributed by atoms with van der Waals surface area (Å²) in [6.45, 7) is 0. The molecule has 0 radical (unpaired) electrons. The Labute approximate surface area is 119 Å². The summed E-state index contributed by atoms with van der Waals surface area (Å²) in [7, 11) is -3.69. The van der Waals surface area contributed by atoms with Crippen molar-refractivity contribution in [3.8, 4) is 6.07 Å². The second-order valence-electron chi connectivity index (χ2n) is 3.60. The third-order valence-corrected chi connectivity index (χ3v) is 4.32. The summed E-state index contributed by atoms with van der Waals surface area (Å²) in [6.07, 6.45) is 2.96. The SMILES string of the molecule is N#Cc1ccc(S(=O)(=O)Nc2cccnc2)cc1Br. The van der Waals surface area contributed by atoms with E-state index in [1.165, 1.54) is 24.4 Å². The molecule has 2 rings (SSSR count). The summed E-state index contributed by atoms with van der Waals surface area (Å²) < 4.78 is 27.1. The molecular weight excluding hydrogens is 330 g/mol. The Morgan fingerprint density at radius 2 is 2.11 bits per heavy atom. The topological polar surface area (TPSA) is 82.8 Å². The second-order valence-corrected chi connectivity index (χ2v) is 6.14. The van der Waals surface area contributed by atoms with Gasteiger partial charge in [0, 0.05) is 10.7 Å². The van der Waals surface area contributed by atoms with Gasteiger partial charge in [0.15, 0.2) is 0 Å². The van der Waals surface area contributed by atoms with E-state index in [1.807, 2.05) is 6.07 Å². The standard InChI is InChI=1S/C12H8BrN3O2S/c13-12-6-11(4-3-9(12)7-14)19(17,18)16-10-2-1-5-15-8-10/h1-6,8,16H. The Morgan fingerprint density at radius 1 is 1.32 bits per heavy atom. The first-order valence-electron chi connectivity index (χ1n) is 5.15. The summed E-state index contributed by atoms with van der Waals surface area (Å²) in [5.74, 6) is 0. The van der Waals surface area contributed by atoms with E-state index in [1.54, 1.807) is 18.3 Å². The molecule has 1 heterocycles. The summed E-state index contributed by atoms with van der Waals surface area (Å²) in [5, 5.41) is 8.79. The number of anilines is 1. The van der Waals surface area contributed by atoms with Crippen LogP contribution in [0.15, 0.2) is 52.1 Å². The zero-order chi connectivity index (χ0) is 13.9. The molecule has 0 aliphatic carbocycles. The molecule has 7 heteroatoms. The van der Waals surface area contributed by atoms with Crippen LogP contribution >= 0.6 is 15.9 Å². The van der Waals surface area contributed by atoms with E-state index in [9.17, 15) is 8.42 Å². The normalized spacial score (nSPS) is 10.7. The highest BCUT2D eigenvalue weighted by Crippen LogP contribution is 2.22. The number of nitriles is 1. The first-order chi connectivity index (χ1) is 9.03. The minimum Gasteiger partial charge on any atom is -0.278 e. The van der Waals surface area contributed by atoms with Crippen molar-refractivity contribution in [1.29, 1.82) is 5.26 Å². The Bertz CT molecular complexity index is 739. The number of halogens is 1. The molecule has 0 aliphatic rings. The Balaban J connectivity index is 2.36. The van der Waals surface area contributed by atoms with Crippen LogP contribution in [0.4, 0.5) is 5.69 Å². The minimum atomic E-state index is -3.69. The van der Waals surface area contributed by atoms with Crippen LogP contribution in [-0.4, -0.2) is 13.4 Å². The monoisotopic (exact) mass is 337 g/mol. The number of sulfonamides is 1. The lowest BCUT2D eigenvalue weighted by Crippen LogP contribution is -2.13. The summed E-state index contributed by atoms with van der Waals surface area (Å²) >= 11 is 3.16. The molecule has 1 aromatic carbocycles. The van der Waals surface area contributed by atoms with Gasteiger partial charge in [-0.3, -0.25) is 9.71 Å². The largest absolute Gasteiger partial charge is 0.278 e. The molecule has 2 aromatic rings. The van der Waals surface area contributed by atoms with E-state index in [2.05, 4.69) is 25.6 Å². The van der Waals surface area contributed by atoms with Crippen molar-refractivity contribution in [3.05, 3.63) is 52.8 Å². The first-order valence-corrected chi connectivity index (χ1v) is 7.43. The van der Waals surface area contributed by atoms with E-state index in [0.717, 1.165) is 0 Å². The number of pyridine rings is 1. The Morgan fingerprint density at radius 3 is 2.68 bits per heavy atom. The van der Waals surface area contributed by atoms with Gasteiger partial charge in [0.05, 0.1) is 22.3 Å². The van der Waals surface area contributed by atoms with Crippen molar-refractivity contribution in [3.63, 3.8) is 0 Å². The van der Waals surface area contributed by atoms with Crippen LogP contribution in [0, 0.1) is 11.3 Å². The van der Waals surface area contributed by atoms with Crippen LogP contribution in [0.1, 0.15) is 5.56 Å². The molecule has 1 aromatic heterocycles. The van der Waals surface area contributed by atoms with Gasteiger partial charge < -0.3 is 0 Å². The maximum atomic E-state index is 12.1. The number of aromatic nitrogens is 1. The molecule has 5 nitrogen and oxygen atoms in total. The fourth-order valence-electron chi connectivity index (χ4n) is 1.39. The van der Waals surface area contributed by atoms with E-state index < -0.39 is 10.0 Å². The molecule has 0 saturated heterocycles. The van der Waals surface area contributed by atoms with Gasteiger partial charge in [-0.25, -0.2) is 8.42 Å². The molecule has 0 fully saturated rings. The van der Waals surface area contributed by atoms with Crippen molar-refractivity contribution in [1.82, 2.24) is 4.98 Å². The second kappa shape index (κ2) is 5.38. The molecule has 96 valence electrons. The molecule has 0 aliphatic heterocycles. The molecule has 19 heavy (non-hydrogen) atoms. The average molecular weight is 338 g/mol. The number of rotatable bonds is 3. The average Bonchev–Trinajstić information content (AvgIpc) is 2.39. The van der Waals surface area contributed by atoms with E-state index in [-0.39, 0.29) is 4.90 Å². The lowest BCUT2D eigenvalue weighted by molar-refractivity contribution is 0.601. The maximum Gasteiger partial charge on any atom is 0.261 e. The van der Waals surface area contributed by atoms with Gasteiger partial charge in [0.1, 0.15) is 6.07 Å². The number of nitrogens with zero attached hydrogens (tertiary/aromatic N) is 2. The summed E-state index contributed by atoms with van der Waals surface area (Å²) in [5.41, 5.74) is 0.753. The van der Waals surface area contributed by atoms with Crippen LogP contribution < -0.4 is 4.72 Å². The minimum absolute atomic E-state index is 0.0715. The third-order valence-electron chi connectivity index (χ3n) is 2.29. The van der Waals surface area contributed by atoms with Crippen LogP contribution in [0.2, 0.25) is 0 Å². The van der Waals surface area contributed by atoms with E-state index in [0.29, 0.717) is 15.7 Å². The Hall–Kier alpha value is -1.91. The van der Waals surface area contributed by atoms with Gasteiger partial charge in [-0.15, -0.1) is 0 Å². The van der Waals surface area contributed by atoms with Crippen molar-refractivity contribution in [2.75, 3.05) is 4.72 Å². The van der Waals surface area contributed by atoms with E-state index >= 15 is 0 Å². The number of nitrogens with one attached hydrogen (secondary N) is 1. The fraction of sp³-hybridized carbons (Fsp3) is 0. The predicted octanol–water partition coefficient (Wildman–Crippen LogP) is 2.52. The smallest absolute Gasteiger partial charge is 0.261 e. The predicted molar refractivity (Wildman–Crippen MR) is 73.9 cm³/mol. The van der Waals surface area contributed by atoms with Crippen LogP contribution in [-0.2, 0) is 10.0 Å². The number of hydrogen-bond acceptors (Lipinski definition) is 4. The molecule has 0 bridgehead atoms. The highest BCUT2D eigenvalue weighted by atomic mass is 79.9. The zero-order valence-corrected chi connectivity index (χ0v) is 11.9. The molecule has 0 spiro atoms. The van der Waals surface area contributed by atoms with Crippen LogP contribution in [0.25, 0.3) is 0 Å². The number of benzene rings is 1. The highest BCUT2D eigenvalue weighted by molar-refractivity contribution is 9.10. The maximum absolute atomic E-state index is 12.1. The fourth-order valence-corrected chi connectivity index (χ4v) is 3.08. The molecule has 0 atom stereocenters. The molecule has 0 saturated carbocycles. The van der Waals surface area contributed by atoms with Crippen molar-refractivity contribution in [2.24, 2.45) is 0 Å². The van der Waals surface area contributed by atoms with Gasteiger partial charge in [-0.1, -0.05) is 0 Å². The summed E-state index contributed by atoms with van der Waals surface area (Å²) in [4.78, 5) is 3.90. The van der Waals surface area contributed by atoms with Gasteiger partial charge in [-0.2, -0.15) is 5.26 Å². The molecule has 0 unspecified atom stereocenters. The van der Waals surface area contributed by atoms with Crippen molar-refractivity contribution >= 4 is 31.6 Å². The molecular formula is C12H8BrN3O2S. The third kappa shape index (κ3) is 3.10. The van der Waals surface area contributed by atoms with Gasteiger partial charge >= 0.3 is 0 Å². The first kappa shape index (κ1) is 13.5. The zero-order valence-electron chi connectivity index (χ0n) is 9.54. The molecule has 0 amide bonds.